The number of piperidine rings is 1. The van der Waals surface area contributed by atoms with E-state index in [4.69, 9.17) is 4.74 Å². The number of carbonyl (C=O) groups is 1. The summed E-state index contributed by atoms with van der Waals surface area (Å²) in [6.45, 7) is 7.49. The van der Waals surface area contributed by atoms with Crippen LogP contribution in [0.15, 0.2) is 0 Å². The molecule has 1 N–H and O–H groups in total. The number of nitrogens with zero attached hydrogens (tertiary/aromatic N) is 1. The van der Waals surface area contributed by atoms with Gasteiger partial charge in [-0.2, -0.15) is 0 Å². The summed E-state index contributed by atoms with van der Waals surface area (Å²) in [7, 11) is 0. The van der Waals surface area contributed by atoms with Crippen molar-refractivity contribution in [3.8, 4) is 0 Å². The standard InChI is InChI=1S/C12H22N2O2/c1-9(2)8-16-12(15)14-5-3-4-10-6-13-7-11(10)14/h9-11,13H,3-8H2,1-2H3. The van der Waals surface area contributed by atoms with Crippen LogP contribution in [0.5, 0.6) is 0 Å². The minimum absolute atomic E-state index is 0.118. The molecule has 16 heavy (non-hydrogen) atoms. The van der Waals surface area contributed by atoms with Gasteiger partial charge in [-0.15, -0.1) is 0 Å². The highest BCUT2D eigenvalue weighted by Crippen LogP contribution is 2.26. The molecule has 2 rings (SSSR count). The Hall–Kier alpha value is -0.770. The van der Waals surface area contributed by atoms with Crippen LogP contribution in [0.3, 0.4) is 0 Å². The van der Waals surface area contributed by atoms with Gasteiger partial charge in [0.1, 0.15) is 0 Å². The summed E-state index contributed by atoms with van der Waals surface area (Å²) in [5.74, 6) is 1.05. The van der Waals surface area contributed by atoms with Gasteiger partial charge in [0.15, 0.2) is 0 Å². The van der Waals surface area contributed by atoms with Crippen molar-refractivity contribution in [2.45, 2.75) is 32.7 Å². The molecule has 2 unspecified atom stereocenters. The quantitative estimate of drug-likeness (QED) is 0.775. The molecule has 0 aromatic heterocycles. The molecule has 0 bridgehead atoms. The minimum atomic E-state index is -0.118. The van der Waals surface area contributed by atoms with Crippen LogP contribution in [0.25, 0.3) is 0 Å². The van der Waals surface area contributed by atoms with E-state index in [0.29, 0.717) is 24.5 Å². The summed E-state index contributed by atoms with van der Waals surface area (Å²) < 4.78 is 5.31. The SMILES string of the molecule is CC(C)COC(=O)N1CCCC2CNCC21. The molecule has 1 amide bonds. The van der Waals surface area contributed by atoms with Gasteiger partial charge in [-0.25, -0.2) is 4.79 Å². The van der Waals surface area contributed by atoms with E-state index in [1.807, 2.05) is 4.90 Å². The fraction of sp³-hybridized carbons (Fsp3) is 0.917. The number of likely N-dealkylation sites (tertiary alicyclic amines) is 1. The molecule has 0 spiro atoms. The average molecular weight is 226 g/mol. The fourth-order valence-corrected chi connectivity index (χ4v) is 2.62. The van der Waals surface area contributed by atoms with Crippen molar-refractivity contribution in [1.29, 1.82) is 0 Å². The van der Waals surface area contributed by atoms with E-state index in [9.17, 15) is 4.79 Å². The summed E-state index contributed by atoms with van der Waals surface area (Å²) in [5, 5.41) is 3.36. The Labute approximate surface area is 97.3 Å². The van der Waals surface area contributed by atoms with Gasteiger partial charge in [-0.3, -0.25) is 0 Å². The van der Waals surface area contributed by atoms with Crippen LogP contribution >= 0.6 is 0 Å². The number of amides is 1. The summed E-state index contributed by atoms with van der Waals surface area (Å²) in [5.41, 5.74) is 0. The molecule has 2 saturated heterocycles. The predicted molar refractivity (Wildman–Crippen MR) is 62.3 cm³/mol. The molecule has 0 aromatic rings. The van der Waals surface area contributed by atoms with Gasteiger partial charge in [0, 0.05) is 19.6 Å². The van der Waals surface area contributed by atoms with Crippen molar-refractivity contribution in [2.24, 2.45) is 11.8 Å². The van der Waals surface area contributed by atoms with E-state index < -0.39 is 0 Å². The Kier molecular flexibility index (Phi) is 3.69. The third-order valence-electron chi connectivity index (χ3n) is 3.45. The number of nitrogens with one attached hydrogen (secondary N) is 1. The van der Waals surface area contributed by atoms with Crippen molar-refractivity contribution in [3.63, 3.8) is 0 Å². The van der Waals surface area contributed by atoms with Crippen LogP contribution < -0.4 is 5.32 Å². The molecule has 2 fully saturated rings. The Morgan fingerprint density at radius 2 is 2.31 bits per heavy atom. The van der Waals surface area contributed by atoms with Crippen LogP contribution in [-0.4, -0.2) is 43.3 Å². The highest BCUT2D eigenvalue weighted by Gasteiger charge is 2.37. The van der Waals surface area contributed by atoms with Gasteiger partial charge in [0.2, 0.25) is 0 Å². The second kappa shape index (κ2) is 5.04. The first-order valence-corrected chi connectivity index (χ1v) is 6.32. The Balaban J connectivity index is 1.89. The summed E-state index contributed by atoms with van der Waals surface area (Å²) in [4.78, 5) is 13.8. The molecule has 4 nitrogen and oxygen atoms in total. The zero-order valence-electron chi connectivity index (χ0n) is 10.2. The molecule has 0 radical (unpaired) electrons. The Morgan fingerprint density at radius 1 is 1.50 bits per heavy atom. The molecule has 0 aliphatic carbocycles. The van der Waals surface area contributed by atoms with Crippen molar-refractivity contribution in [2.75, 3.05) is 26.2 Å². The van der Waals surface area contributed by atoms with E-state index in [1.54, 1.807) is 0 Å². The van der Waals surface area contributed by atoms with Gasteiger partial charge in [0.25, 0.3) is 0 Å². The van der Waals surface area contributed by atoms with E-state index in [0.717, 1.165) is 26.1 Å². The molecule has 2 atom stereocenters. The lowest BCUT2D eigenvalue weighted by atomic mass is 9.92. The second-order valence-corrected chi connectivity index (χ2v) is 5.29. The lowest BCUT2D eigenvalue weighted by Crippen LogP contribution is -2.48. The van der Waals surface area contributed by atoms with Crippen molar-refractivity contribution < 1.29 is 9.53 Å². The molecular formula is C12H22N2O2. The Morgan fingerprint density at radius 3 is 3.06 bits per heavy atom. The highest BCUT2D eigenvalue weighted by molar-refractivity contribution is 5.68. The highest BCUT2D eigenvalue weighted by atomic mass is 16.6. The van der Waals surface area contributed by atoms with Crippen LogP contribution in [0.1, 0.15) is 26.7 Å². The van der Waals surface area contributed by atoms with Gasteiger partial charge in [-0.05, 0) is 24.7 Å². The van der Waals surface area contributed by atoms with Crippen LogP contribution in [-0.2, 0) is 4.74 Å². The van der Waals surface area contributed by atoms with E-state index in [1.165, 1.54) is 6.42 Å². The molecule has 92 valence electrons. The number of hydrogen-bond donors (Lipinski definition) is 1. The number of carbonyl (C=O) groups excluding carboxylic acids is 1. The first kappa shape index (κ1) is 11.7. The lowest BCUT2D eigenvalue weighted by Gasteiger charge is -2.36. The van der Waals surface area contributed by atoms with Gasteiger partial charge >= 0.3 is 6.09 Å². The van der Waals surface area contributed by atoms with Gasteiger partial charge in [0.05, 0.1) is 12.6 Å². The smallest absolute Gasteiger partial charge is 0.410 e. The minimum Gasteiger partial charge on any atom is -0.449 e. The number of rotatable bonds is 2. The molecule has 4 heteroatoms. The summed E-state index contributed by atoms with van der Waals surface area (Å²) >= 11 is 0. The zero-order valence-corrected chi connectivity index (χ0v) is 10.2. The maximum Gasteiger partial charge on any atom is 0.410 e. The zero-order chi connectivity index (χ0) is 11.5. The summed E-state index contributed by atoms with van der Waals surface area (Å²) in [6, 6.07) is 0.369. The molecular weight excluding hydrogens is 204 g/mol. The topological polar surface area (TPSA) is 41.6 Å². The number of fused-ring (bicyclic) bond motifs is 1. The molecule has 2 aliphatic heterocycles. The third-order valence-corrected chi connectivity index (χ3v) is 3.45. The first-order chi connectivity index (χ1) is 7.68. The number of ether oxygens (including phenoxy) is 1. The normalized spacial score (nSPS) is 29.3. The largest absolute Gasteiger partial charge is 0.449 e. The van der Waals surface area contributed by atoms with Crippen molar-refractivity contribution in [1.82, 2.24) is 10.2 Å². The van der Waals surface area contributed by atoms with Crippen LogP contribution in [0, 0.1) is 11.8 Å². The first-order valence-electron chi connectivity index (χ1n) is 6.32. The molecule has 0 aromatic carbocycles. The van der Waals surface area contributed by atoms with E-state index in [2.05, 4.69) is 19.2 Å². The molecule has 0 saturated carbocycles. The maximum atomic E-state index is 11.9. The predicted octanol–water partition coefficient (Wildman–Crippen LogP) is 1.46. The lowest BCUT2D eigenvalue weighted by molar-refractivity contribution is 0.0591. The monoisotopic (exact) mass is 226 g/mol. The second-order valence-electron chi connectivity index (χ2n) is 5.29. The van der Waals surface area contributed by atoms with E-state index in [-0.39, 0.29) is 6.09 Å². The Bertz CT molecular complexity index is 255. The van der Waals surface area contributed by atoms with Crippen molar-refractivity contribution >= 4 is 6.09 Å². The third kappa shape index (κ3) is 2.48. The molecule has 2 aliphatic rings. The van der Waals surface area contributed by atoms with Gasteiger partial charge < -0.3 is 15.0 Å². The number of hydrogen-bond acceptors (Lipinski definition) is 3. The maximum absolute atomic E-state index is 11.9. The van der Waals surface area contributed by atoms with Crippen LogP contribution in [0.4, 0.5) is 4.79 Å². The summed E-state index contributed by atoms with van der Waals surface area (Å²) in [6.07, 6.45) is 2.23. The van der Waals surface area contributed by atoms with E-state index >= 15 is 0 Å². The van der Waals surface area contributed by atoms with Crippen LogP contribution in [0.2, 0.25) is 0 Å². The van der Waals surface area contributed by atoms with Crippen molar-refractivity contribution in [3.05, 3.63) is 0 Å². The average Bonchev–Trinajstić information content (AvgIpc) is 2.73. The fourth-order valence-electron chi connectivity index (χ4n) is 2.62. The molecule has 2 heterocycles. The van der Waals surface area contributed by atoms with Gasteiger partial charge in [-0.1, -0.05) is 13.8 Å².